The normalized spacial score (nSPS) is 12.0. The standard InChI is InChI=1S/C59H52N4/c1-58(2,3)62-52(42-19-10-7-11-20-42)34-36-54(62)56-48-26-16-17-27-49(48)57(55-37-35-53(63(55)59(4,5)6)43-21-12-8-13-22-43)51-39-44(30-33-50(51)56)41-28-31-46(32-29-41)61(45-23-14-9-15-24-45)47-25-18-38-60-40-47/h7-40H,1-6H3. The Morgan fingerprint density at radius 3 is 1.29 bits per heavy atom. The summed E-state index contributed by atoms with van der Waals surface area (Å²) in [6.07, 6.45) is 3.74. The van der Waals surface area contributed by atoms with Crippen molar-refractivity contribution in [1.82, 2.24) is 14.1 Å². The first-order chi connectivity index (χ1) is 30.6. The van der Waals surface area contributed by atoms with Gasteiger partial charge in [0.15, 0.2) is 0 Å². The van der Waals surface area contributed by atoms with Crippen molar-refractivity contribution in [3.8, 4) is 56.2 Å². The summed E-state index contributed by atoms with van der Waals surface area (Å²) in [7, 11) is 0. The Bertz CT molecular complexity index is 3160. The molecular formula is C59H52N4. The second-order valence-corrected chi connectivity index (χ2v) is 18.4. The van der Waals surface area contributed by atoms with Crippen LogP contribution < -0.4 is 4.90 Å². The molecule has 0 saturated heterocycles. The van der Waals surface area contributed by atoms with Crippen LogP contribution in [-0.4, -0.2) is 14.1 Å². The third kappa shape index (κ3) is 7.22. The highest BCUT2D eigenvalue weighted by Gasteiger charge is 2.29. The van der Waals surface area contributed by atoms with Crippen molar-refractivity contribution in [3.63, 3.8) is 0 Å². The Hall–Kier alpha value is -7.43. The van der Waals surface area contributed by atoms with Gasteiger partial charge in [-0.3, -0.25) is 4.98 Å². The van der Waals surface area contributed by atoms with E-state index in [0.29, 0.717) is 0 Å². The second-order valence-electron chi connectivity index (χ2n) is 18.4. The van der Waals surface area contributed by atoms with Gasteiger partial charge in [-0.15, -0.1) is 0 Å². The van der Waals surface area contributed by atoms with Gasteiger partial charge >= 0.3 is 0 Å². The van der Waals surface area contributed by atoms with Gasteiger partial charge in [0.25, 0.3) is 0 Å². The molecule has 7 aromatic carbocycles. The number of para-hydroxylation sites is 1. The van der Waals surface area contributed by atoms with Crippen LogP contribution in [0.3, 0.4) is 0 Å². The molecule has 10 rings (SSSR count). The first-order valence-electron chi connectivity index (χ1n) is 22.0. The molecule has 0 aliphatic heterocycles. The minimum atomic E-state index is -0.214. The average Bonchev–Trinajstić information content (AvgIpc) is 3.96. The zero-order chi connectivity index (χ0) is 43.3. The topological polar surface area (TPSA) is 26.0 Å². The minimum absolute atomic E-state index is 0.202. The number of nitrogens with zero attached hydrogens (tertiary/aromatic N) is 4. The first kappa shape index (κ1) is 39.7. The van der Waals surface area contributed by atoms with E-state index >= 15 is 0 Å². The minimum Gasteiger partial charge on any atom is -0.335 e. The maximum Gasteiger partial charge on any atom is 0.0644 e. The van der Waals surface area contributed by atoms with Gasteiger partial charge < -0.3 is 14.0 Å². The van der Waals surface area contributed by atoms with E-state index in [1.54, 1.807) is 0 Å². The number of fused-ring (bicyclic) bond motifs is 2. The molecule has 0 amide bonds. The fraction of sp³-hybridized carbons (Fsp3) is 0.136. The number of aromatic nitrogens is 3. The molecule has 0 unspecified atom stereocenters. The maximum atomic E-state index is 4.46. The van der Waals surface area contributed by atoms with E-state index in [-0.39, 0.29) is 11.1 Å². The molecule has 4 nitrogen and oxygen atoms in total. The van der Waals surface area contributed by atoms with E-state index in [1.807, 2.05) is 18.5 Å². The van der Waals surface area contributed by atoms with E-state index in [1.165, 1.54) is 66.6 Å². The van der Waals surface area contributed by atoms with Crippen LogP contribution in [-0.2, 0) is 11.1 Å². The highest BCUT2D eigenvalue weighted by Crippen LogP contribution is 2.49. The molecular weight excluding hydrogens is 765 g/mol. The molecule has 0 fully saturated rings. The highest BCUT2D eigenvalue weighted by molar-refractivity contribution is 6.21. The van der Waals surface area contributed by atoms with Crippen LogP contribution in [0.1, 0.15) is 41.5 Å². The fourth-order valence-electron chi connectivity index (χ4n) is 9.60. The first-order valence-corrected chi connectivity index (χ1v) is 22.0. The molecule has 3 aromatic heterocycles. The van der Waals surface area contributed by atoms with Crippen molar-refractivity contribution in [2.75, 3.05) is 4.90 Å². The van der Waals surface area contributed by atoms with Crippen molar-refractivity contribution >= 4 is 38.6 Å². The Balaban J connectivity index is 1.24. The summed E-state index contributed by atoms with van der Waals surface area (Å²) in [5.41, 5.74) is 14.8. The molecule has 0 spiro atoms. The molecule has 0 saturated carbocycles. The number of rotatable bonds is 8. The van der Waals surface area contributed by atoms with Crippen LogP contribution in [0, 0.1) is 0 Å². The number of anilines is 3. The summed E-state index contributed by atoms with van der Waals surface area (Å²) in [6.45, 7) is 13.9. The maximum absolute atomic E-state index is 4.46. The molecule has 0 radical (unpaired) electrons. The monoisotopic (exact) mass is 816 g/mol. The van der Waals surface area contributed by atoms with Gasteiger partial charge in [-0.05, 0) is 152 Å². The van der Waals surface area contributed by atoms with Gasteiger partial charge in [0.1, 0.15) is 0 Å². The molecule has 4 heteroatoms. The molecule has 63 heavy (non-hydrogen) atoms. The lowest BCUT2D eigenvalue weighted by molar-refractivity contribution is 0.407. The lowest BCUT2D eigenvalue weighted by atomic mass is 9.86. The highest BCUT2D eigenvalue weighted by atomic mass is 15.1. The number of hydrogen-bond acceptors (Lipinski definition) is 2. The SMILES string of the molecule is CC(C)(C)n1c(-c2ccccc2)ccc1-c1c2ccccc2c(-c2ccc(-c3ccccc3)n2C(C)(C)C)c2cc(-c3ccc(N(c4ccccc4)c4cccnc4)cc3)ccc12. The number of pyridine rings is 1. The van der Waals surface area contributed by atoms with Crippen molar-refractivity contribution < 1.29 is 0 Å². The van der Waals surface area contributed by atoms with E-state index in [9.17, 15) is 0 Å². The van der Waals surface area contributed by atoms with Gasteiger partial charge in [0.05, 0.1) is 23.3 Å². The molecule has 0 aliphatic carbocycles. The molecule has 0 aliphatic rings. The van der Waals surface area contributed by atoms with Crippen LogP contribution in [0.5, 0.6) is 0 Å². The van der Waals surface area contributed by atoms with Crippen LogP contribution in [0.15, 0.2) is 207 Å². The third-order valence-corrected chi connectivity index (χ3v) is 12.2. The molecule has 10 aromatic rings. The predicted molar refractivity (Wildman–Crippen MR) is 267 cm³/mol. The fourth-order valence-corrected chi connectivity index (χ4v) is 9.60. The smallest absolute Gasteiger partial charge is 0.0644 e. The van der Waals surface area contributed by atoms with Crippen LogP contribution in [0.25, 0.3) is 77.7 Å². The van der Waals surface area contributed by atoms with Crippen LogP contribution in [0.2, 0.25) is 0 Å². The van der Waals surface area contributed by atoms with Gasteiger partial charge in [-0.2, -0.15) is 0 Å². The summed E-state index contributed by atoms with van der Waals surface area (Å²) in [6, 6.07) is 70.7. The number of benzene rings is 7. The third-order valence-electron chi connectivity index (χ3n) is 12.2. The Labute approximate surface area is 371 Å². The van der Waals surface area contributed by atoms with E-state index in [2.05, 4.69) is 249 Å². The molecule has 0 atom stereocenters. The molecule has 3 heterocycles. The van der Waals surface area contributed by atoms with Crippen LogP contribution >= 0.6 is 0 Å². The van der Waals surface area contributed by atoms with Crippen molar-refractivity contribution in [2.24, 2.45) is 0 Å². The quantitative estimate of drug-likeness (QED) is 0.143. The number of hydrogen-bond donors (Lipinski definition) is 0. The van der Waals surface area contributed by atoms with E-state index in [0.717, 1.165) is 28.2 Å². The van der Waals surface area contributed by atoms with Gasteiger partial charge in [-0.1, -0.05) is 127 Å². The Kier molecular flexibility index (Phi) is 9.95. The van der Waals surface area contributed by atoms with Crippen LogP contribution in [0.4, 0.5) is 17.1 Å². The summed E-state index contributed by atoms with van der Waals surface area (Å²) >= 11 is 0. The summed E-state index contributed by atoms with van der Waals surface area (Å²) in [5, 5.41) is 4.91. The Morgan fingerprint density at radius 2 is 0.778 bits per heavy atom. The van der Waals surface area contributed by atoms with Gasteiger partial charge in [0, 0.05) is 51.2 Å². The van der Waals surface area contributed by atoms with E-state index < -0.39 is 0 Å². The lowest BCUT2D eigenvalue weighted by Gasteiger charge is -2.30. The van der Waals surface area contributed by atoms with Crippen molar-refractivity contribution in [2.45, 2.75) is 52.6 Å². The average molecular weight is 817 g/mol. The predicted octanol–water partition coefficient (Wildman–Crippen LogP) is 16.3. The van der Waals surface area contributed by atoms with E-state index in [4.69, 9.17) is 0 Å². The summed E-state index contributed by atoms with van der Waals surface area (Å²) in [5.74, 6) is 0. The van der Waals surface area contributed by atoms with Gasteiger partial charge in [-0.25, -0.2) is 0 Å². The summed E-state index contributed by atoms with van der Waals surface area (Å²) < 4.78 is 5.09. The second kappa shape index (κ2) is 15.8. The largest absolute Gasteiger partial charge is 0.335 e. The van der Waals surface area contributed by atoms with Crippen molar-refractivity contribution in [3.05, 3.63) is 207 Å². The molecule has 308 valence electrons. The van der Waals surface area contributed by atoms with Gasteiger partial charge in [0.2, 0.25) is 0 Å². The molecule has 0 N–H and O–H groups in total. The Morgan fingerprint density at radius 1 is 0.349 bits per heavy atom. The lowest BCUT2D eigenvalue weighted by Crippen LogP contribution is -2.24. The summed E-state index contributed by atoms with van der Waals surface area (Å²) in [4.78, 5) is 6.72. The zero-order valence-electron chi connectivity index (χ0n) is 36.9. The molecule has 0 bridgehead atoms. The van der Waals surface area contributed by atoms with Crippen molar-refractivity contribution in [1.29, 1.82) is 0 Å². The zero-order valence-corrected chi connectivity index (χ0v) is 36.9.